The molecule has 3 rings (SSSR count). The number of anilines is 2. The number of carbonyl (C=O) groups excluding carboxylic acids is 1. The standard InChI is InChI=1S/C24H26N2O4S/c1-16(2)30-23-8-6-5-7-22(23)24(27)25-19-11-13-21(14-12-19)31(28,29)26-20-10-9-17(3)18(4)15-20/h5-16,26H,1-4H3,(H,25,27). The number of nitrogens with one attached hydrogen (secondary N) is 2. The van der Waals surface area contributed by atoms with Crippen molar-refractivity contribution in [3.63, 3.8) is 0 Å². The maximum absolute atomic E-state index is 12.7. The van der Waals surface area contributed by atoms with Gasteiger partial charge in [0.2, 0.25) is 0 Å². The van der Waals surface area contributed by atoms with Crippen molar-refractivity contribution >= 4 is 27.3 Å². The summed E-state index contributed by atoms with van der Waals surface area (Å²) in [5.41, 5.74) is 3.48. The van der Waals surface area contributed by atoms with E-state index in [1.54, 1.807) is 48.5 Å². The summed E-state index contributed by atoms with van der Waals surface area (Å²) in [6.07, 6.45) is -0.0664. The third-order valence-electron chi connectivity index (χ3n) is 4.68. The fraction of sp³-hybridized carbons (Fsp3) is 0.208. The molecule has 0 radical (unpaired) electrons. The van der Waals surface area contributed by atoms with Crippen LogP contribution >= 0.6 is 0 Å². The highest BCUT2D eigenvalue weighted by Gasteiger charge is 2.16. The third kappa shape index (κ3) is 5.64. The van der Waals surface area contributed by atoms with Gasteiger partial charge in [-0.05, 0) is 87.4 Å². The lowest BCUT2D eigenvalue weighted by molar-refractivity contribution is 0.102. The number of amides is 1. The van der Waals surface area contributed by atoms with E-state index >= 15 is 0 Å². The van der Waals surface area contributed by atoms with Crippen LogP contribution in [0.4, 0.5) is 11.4 Å². The van der Waals surface area contributed by atoms with E-state index in [9.17, 15) is 13.2 Å². The summed E-state index contributed by atoms with van der Waals surface area (Å²) >= 11 is 0. The molecule has 31 heavy (non-hydrogen) atoms. The molecule has 1 amide bonds. The summed E-state index contributed by atoms with van der Waals surface area (Å²) in [5.74, 6) is 0.159. The normalized spacial score (nSPS) is 11.3. The van der Waals surface area contributed by atoms with Crippen LogP contribution in [0.2, 0.25) is 0 Å². The molecular formula is C24H26N2O4S. The van der Waals surface area contributed by atoms with Gasteiger partial charge in [-0.25, -0.2) is 8.42 Å². The van der Waals surface area contributed by atoms with Crippen molar-refractivity contribution in [1.29, 1.82) is 0 Å². The van der Waals surface area contributed by atoms with E-state index in [2.05, 4.69) is 10.0 Å². The topological polar surface area (TPSA) is 84.5 Å². The van der Waals surface area contributed by atoms with Crippen molar-refractivity contribution in [2.45, 2.75) is 38.7 Å². The second-order valence-corrected chi connectivity index (χ2v) is 9.23. The van der Waals surface area contributed by atoms with Gasteiger partial charge in [0.25, 0.3) is 15.9 Å². The number of rotatable bonds is 7. The molecule has 0 atom stereocenters. The van der Waals surface area contributed by atoms with Crippen molar-refractivity contribution < 1.29 is 17.9 Å². The van der Waals surface area contributed by atoms with Gasteiger partial charge in [-0.15, -0.1) is 0 Å². The van der Waals surface area contributed by atoms with Crippen molar-refractivity contribution in [3.05, 3.63) is 83.4 Å². The largest absolute Gasteiger partial charge is 0.490 e. The number of carbonyl (C=O) groups is 1. The summed E-state index contributed by atoms with van der Waals surface area (Å²) in [4.78, 5) is 12.8. The Bertz CT molecular complexity index is 1190. The Balaban J connectivity index is 1.74. The van der Waals surface area contributed by atoms with Crippen LogP contribution in [-0.2, 0) is 10.0 Å². The van der Waals surface area contributed by atoms with E-state index in [0.29, 0.717) is 22.7 Å². The first-order valence-corrected chi connectivity index (χ1v) is 11.4. The van der Waals surface area contributed by atoms with Crippen molar-refractivity contribution in [3.8, 4) is 5.75 Å². The lowest BCUT2D eigenvalue weighted by Gasteiger charge is -2.14. The van der Waals surface area contributed by atoms with Gasteiger partial charge < -0.3 is 10.1 Å². The van der Waals surface area contributed by atoms with Crippen LogP contribution in [0.1, 0.15) is 35.3 Å². The number of para-hydroxylation sites is 1. The highest BCUT2D eigenvalue weighted by atomic mass is 32.2. The van der Waals surface area contributed by atoms with Crippen molar-refractivity contribution in [2.24, 2.45) is 0 Å². The number of hydrogen-bond donors (Lipinski definition) is 2. The van der Waals surface area contributed by atoms with Gasteiger partial charge in [-0.3, -0.25) is 9.52 Å². The van der Waals surface area contributed by atoms with Crippen LogP contribution in [0.3, 0.4) is 0 Å². The Labute approximate surface area is 183 Å². The average Bonchev–Trinajstić information content (AvgIpc) is 2.71. The summed E-state index contributed by atoms with van der Waals surface area (Å²) in [6.45, 7) is 7.67. The zero-order chi connectivity index (χ0) is 22.6. The van der Waals surface area contributed by atoms with Crippen LogP contribution in [0.25, 0.3) is 0 Å². The zero-order valence-corrected chi connectivity index (χ0v) is 18.8. The van der Waals surface area contributed by atoms with Gasteiger partial charge in [0.15, 0.2) is 0 Å². The minimum atomic E-state index is -3.74. The molecule has 2 N–H and O–H groups in total. The molecule has 6 nitrogen and oxygen atoms in total. The van der Waals surface area contributed by atoms with Crippen molar-refractivity contribution in [2.75, 3.05) is 10.0 Å². The van der Waals surface area contributed by atoms with E-state index in [0.717, 1.165) is 11.1 Å². The monoisotopic (exact) mass is 438 g/mol. The van der Waals surface area contributed by atoms with Gasteiger partial charge in [0, 0.05) is 11.4 Å². The quantitative estimate of drug-likeness (QED) is 0.535. The van der Waals surface area contributed by atoms with Crippen molar-refractivity contribution in [1.82, 2.24) is 0 Å². The fourth-order valence-electron chi connectivity index (χ4n) is 2.95. The molecule has 0 aliphatic carbocycles. The van der Waals surface area contributed by atoms with Gasteiger partial charge >= 0.3 is 0 Å². The number of aryl methyl sites for hydroxylation is 2. The smallest absolute Gasteiger partial charge is 0.261 e. The predicted molar refractivity (Wildman–Crippen MR) is 123 cm³/mol. The SMILES string of the molecule is Cc1ccc(NS(=O)(=O)c2ccc(NC(=O)c3ccccc3OC(C)C)cc2)cc1C. The molecule has 0 spiro atoms. The molecule has 0 aromatic heterocycles. The highest BCUT2D eigenvalue weighted by molar-refractivity contribution is 7.92. The van der Waals surface area contributed by atoms with E-state index in [-0.39, 0.29) is 16.9 Å². The van der Waals surface area contributed by atoms with Gasteiger partial charge in [-0.2, -0.15) is 0 Å². The molecule has 0 unspecified atom stereocenters. The maximum atomic E-state index is 12.7. The summed E-state index contributed by atoms with van der Waals surface area (Å²) in [6, 6.07) is 18.4. The van der Waals surface area contributed by atoms with Gasteiger partial charge in [-0.1, -0.05) is 18.2 Å². The number of sulfonamides is 1. The minimum absolute atomic E-state index is 0.0664. The van der Waals surface area contributed by atoms with Crippen LogP contribution in [0.15, 0.2) is 71.6 Å². The molecule has 162 valence electrons. The molecule has 0 saturated carbocycles. The number of hydrogen-bond acceptors (Lipinski definition) is 4. The Hall–Kier alpha value is -3.32. The Morgan fingerprint density at radius 2 is 1.52 bits per heavy atom. The number of benzene rings is 3. The fourth-order valence-corrected chi connectivity index (χ4v) is 4.00. The zero-order valence-electron chi connectivity index (χ0n) is 18.0. The molecule has 0 fully saturated rings. The molecule has 0 aliphatic heterocycles. The summed E-state index contributed by atoms with van der Waals surface area (Å²) in [7, 11) is -3.74. The Kier molecular flexibility index (Phi) is 6.65. The second kappa shape index (κ2) is 9.22. The lowest BCUT2D eigenvalue weighted by Crippen LogP contribution is -2.16. The number of ether oxygens (including phenoxy) is 1. The minimum Gasteiger partial charge on any atom is -0.490 e. The van der Waals surface area contributed by atoms with Gasteiger partial charge in [0.05, 0.1) is 16.6 Å². The van der Waals surface area contributed by atoms with Crippen LogP contribution in [0, 0.1) is 13.8 Å². The highest BCUT2D eigenvalue weighted by Crippen LogP contribution is 2.23. The predicted octanol–water partition coefficient (Wildman–Crippen LogP) is 5.14. The van der Waals surface area contributed by atoms with E-state index in [4.69, 9.17) is 4.74 Å². The average molecular weight is 439 g/mol. The molecule has 0 heterocycles. The molecule has 7 heteroatoms. The maximum Gasteiger partial charge on any atom is 0.261 e. The first kappa shape index (κ1) is 22.4. The van der Waals surface area contributed by atoms with Crippen LogP contribution in [0.5, 0.6) is 5.75 Å². The molecule has 0 bridgehead atoms. The van der Waals surface area contributed by atoms with Gasteiger partial charge in [0.1, 0.15) is 5.75 Å². The third-order valence-corrected chi connectivity index (χ3v) is 6.07. The summed E-state index contributed by atoms with van der Waals surface area (Å²) < 4.78 is 33.6. The molecule has 3 aromatic rings. The lowest BCUT2D eigenvalue weighted by atomic mass is 10.1. The first-order valence-electron chi connectivity index (χ1n) is 9.93. The van der Waals surface area contributed by atoms with E-state index in [1.165, 1.54) is 12.1 Å². The first-order chi connectivity index (χ1) is 14.7. The molecule has 0 aliphatic rings. The van der Waals surface area contributed by atoms with E-state index < -0.39 is 10.0 Å². The molecule has 3 aromatic carbocycles. The summed E-state index contributed by atoms with van der Waals surface area (Å²) in [5, 5.41) is 2.78. The molecule has 0 saturated heterocycles. The van der Waals surface area contributed by atoms with Crippen LogP contribution < -0.4 is 14.8 Å². The molecular weight excluding hydrogens is 412 g/mol. The Morgan fingerprint density at radius 3 is 2.16 bits per heavy atom. The second-order valence-electron chi connectivity index (χ2n) is 7.55. The Morgan fingerprint density at radius 1 is 0.871 bits per heavy atom. The van der Waals surface area contributed by atoms with E-state index in [1.807, 2.05) is 33.8 Å². The van der Waals surface area contributed by atoms with Crippen LogP contribution in [-0.4, -0.2) is 20.4 Å².